The molecule has 0 radical (unpaired) electrons. The van der Waals surface area contributed by atoms with E-state index in [0.717, 1.165) is 29.8 Å². The maximum absolute atomic E-state index is 5.36. The maximum atomic E-state index is 5.36. The lowest BCUT2D eigenvalue weighted by Crippen LogP contribution is -2.38. The summed E-state index contributed by atoms with van der Waals surface area (Å²) >= 11 is 1.64. The smallest absolute Gasteiger partial charge is 0.194 e. The van der Waals surface area contributed by atoms with Crippen LogP contribution in [0.2, 0.25) is 0 Å². The molecule has 0 aliphatic rings. The van der Waals surface area contributed by atoms with Crippen molar-refractivity contribution in [2.75, 3.05) is 34.8 Å². The third-order valence-corrected chi connectivity index (χ3v) is 5.43. The third-order valence-electron chi connectivity index (χ3n) is 4.37. The Morgan fingerprint density at radius 1 is 1.21 bits per heavy atom. The largest absolute Gasteiger partial charge is 0.375 e. The van der Waals surface area contributed by atoms with E-state index in [4.69, 9.17) is 14.7 Å². The second-order valence-corrected chi connectivity index (χ2v) is 7.98. The average Bonchev–Trinajstić information content (AvgIpc) is 3.13. The summed E-state index contributed by atoms with van der Waals surface area (Å²) in [7, 11) is 7.93. The van der Waals surface area contributed by atoms with E-state index >= 15 is 0 Å². The maximum Gasteiger partial charge on any atom is 0.194 e. The molecule has 1 heterocycles. The first-order chi connectivity index (χ1) is 13.4. The summed E-state index contributed by atoms with van der Waals surface area (Å²) in [6.07, 6.45) is 0.0270. The first-order valence-electron chi connectivity index (χ1n) is 9.62. The van der Waals surface area contributed by atoms with Gasteiger partial charge in [-0.05, 0) is 39.1 Å². The highest BCUT2D eigenvalue weighted by molar-refractivity contribution is 7.09. The Hall–Kier alpha value is -1.96. The van der Waals surface area contributed by atoms with Crippen LogP contribution in [-0.2, 0) is 24.4 Å². The predicted octanol–water partition coefficient (Wildman–Crippen LogP) is 3.51. The van der Waals surface area contributed by atoms with Gasteiger partial charge in [-0.25, -0.2) is 9.98 Å². The molecule has 1 N–H and O–H groups in total. The van der Waals surface area contributed by atoms with E-state index in [1.165, 1.54) is 11.1 Å². The number of methoxy groups -OCH3 is 1. The molecule has 2 aromatic rings. The summed E-state index contributed by atoms with van der Waals surface area (Å²) in [5.74, 6) is 0.886. The van der Waals surface area contributed by atoms with E-state index in [1.807, 2.05) is 14.0 Å². The van der Waals surface area contributed by atoms with Gasteiger partial charge >= 0.3 is 0 Å². The lowest BCUT2D eigenvalue weighted by Gasteiger charge is -2.21. The Morgan fingerprint density at radius 3 is 2.57 bits per heavy atom. The van der Waals surface area contributed by atoms with Gasteiger partial charge in [-0.1, -0.05) is 24.3 Å². The Balaban J connectivity index is 2.10. The normalized spacial score (nSPS) is 13.0. The lowest BCUT2D eigenvalue weighted by molar-refractivity contribution is 0.119. The topological polar surface area (TPSA) is 53.0 Å². The first-order valence-corrected chi connectivity index (χ1v) is 10.5. The number of aliphatic imine (C=N–C) groups is 1. The number of rotatable bonds is 9. The fourth-order valence-corrected chi connectivity index (χ4v) is 3.68. The molecule has 1 atom stereocenters. The Bertz CT molecular complexity index is 759. The first kappa shape index (κ1) is 22.3. The van der Waals surface area contributed by atoms with Crippen LogP contribution in [0.3, 0.4) is 0 Å². The highest BCUT2D eigenvalue weighted by Gasteiger charge is 2.13. The van der Waals surface area contributed by atoms with Crippen LogP contribution in [0.4, 0.5) is 0 Å². The van der Waals surface area contributed by atoms with Crippen molar-refractivity contribution in [1.29, 1.82) is 0 Å². The van der Waals surface area contributed by atoms with Gasteiger partial charge in [0.1, 0.15) is 11.1 Å². The molecule has 6 nitrogen and oxygen atoms in total. The van der Waals surface area contributed by atoms with E-state index in [0.29, 0.717) is 13.1 Å². The quantitative estimate of drug-likeness (QED) is 0.513. The third kappa shape index (κ3) is 6.58. The fraction of sp³-hybridized carbons (Fsp3) is 0.524. The van der Waals surface area contributed by atoms with Crippen LogP contribution >= 0.6 is 11.3 Å². The molecule has 2 rings (SSSR count). The van der Waals surface area contributed by atoms with Gasteiger partial charge in [-0.3, -0.25) is 0 Å². The number of thiazole rings is 1. The molecule has 0 saturated carbocycles. The molecule has 7 heteroatoms. The number of nitrogens with zero attached hydrogens (tertiary/aromatic N) is 4. The second-order valence-electron chi connectivity index (χ2n) is 7.09. The number of ether oxygens (including phenoxy) is 1. The molecule has 1 unspecified atom stereocenters. The Labute approximate surface area is 173 Å². The number of aromatic nitrogens is 1. The molecule has 0 amide bonds. The molecule has 154 valence electrons. The molecule has 28 heavy (non-hydrogen) atoms. The number of guanidine groups is 1. The van der Waals surface area contributed by atoms with E-state index < -0.39 is 0 Å². The number of benzene rings is 1. The van der Waals surface area contributed by atoms with Crippen molar-refractivity contribution in [2.45, 2.75) is 39.6 Å². The van der Waals surface area contributed by atoms with Gasteiger partial charge in [0.25, 0.3) is 0 Å². The van der Waals surface area contributed by atoms with Gasteiger partial charge in [-0.15, -0.1) is 11.3 Å². The van der Waals surface area contributed by atoms with Gasteiger partial charge in [0.2, 0.25) is 0 Å². The summed E-state index contributed by atoms with van der Waals surface area (Å²) in [6.45, 7) is 7.20. The summed E-state index contributed by atoms with van der Waals surface area (Å²) in [4.78, 5) is 13.9. The van der Waals surface area contributed by atoms with E-state index in [2.05, 4.69) is 65.8 Å². The highest BCUT2D eigenvalue weighted by Crippen LogP contribution is 2.21. The molecular formula is C21H33N5OS. The van der Waals surface area contributed by atoms with Gasteiger partial charge in [0.05, 0.1) is 18.8 Å². The minimum Gasteiger partial charge on any atom is -0.375 e. The van der Waals surface area contributed by atoms with E-state index in [1.54, 1.807) is 18.4 Å². The van der Waals surface area contributed by atoms with Crippen LogP contribution < -0.4 is 5.32 Å². The molecular weight excluding hydrogens is 370 g/mol. The molecule has 0 fully saturated rings. The number of hydrogen-bond acceptors (Lipinski definition) is 5. The predicted molar refractivity (Wildman–Crippen MR) is 118 cm³/mol. The lowest BCUT2D eigenvalue weighted by atomic mass is 10.1. The zero-order valence-electron chi connectivity index (χ0n) is 17.9. The van der Waals surface area contributed by atoms with Crippen LogP contribution in [-0.4, -0.2) is 55.5 Å². The van der Waals surface area contributed by atoms with Gasteiger partial charge in [0, 0.05) is 32.6 Å². The van der Waals surface area contributed by atoms with Crippen LogP contribution in [0.15, 0.2) is 34.6 Å². The molecule has 0 saturated heterocycles. The van der Waals surface area contributed by atoms with Crippen molar-refractivity contribution in [1.82, 2.24) is 20.1 Å². The van der Waals surface area contributed by atoms with Crippen molar-refractivity contribution < 1.29 is 4.74 Å². The second kappa shape index (κ2) is 11.1. The van der Waals surface area contributed by atoms with Crippen LogP contribution in [0.5, 0.6) is 0 Å². The number of hydrogen-bond donors (Lipinski definition) is 1. The minimum absolute atomic E-state index is 0.0270. The van der Waals surface area contributed by atoms with Crippen LogP contribution in [0.1, 0.15) is 41.8 Å². The SMILES string of the molecule is CCNC(=NCc1ccccc1CN(C)C)N(C)Cc1csc(C(C)OC)n1. The zero-order valence-corrected chi connectivity index (χ0v) is 18.7. The molecule has 0 bridgehead atoms. The van der Waals surface area contributed by atoms with Gasteiger partial charge < -0.3 is 19.9 Å². The monoisotopic (exact) mass is 403 g/mol. The molecule has 1 aromatic heterocycles. The Kier molecular flexibility index (Phi) is 8.89. The Morgan fingerprint density at radius 2 is 1.93 bits per heavy atom. The molecule has 0 aliphatic carbocycles. The summed E-state index contributed by atoms with van der Waals surface area (Å²) in [6, 6.07) is 8.50. The zero-order chi connectivity index (χ0) is 20.5. The van der Waals surface area contributed by atoms with E-state index in [-0.39, 0.29) is 6.10 Å². The van der Waals surface area contributed by atoms with Crippen LogP contribution in [0.25, 0.3) is 0 Å². The molecule has 1 aromatic carbocycles. The van der Waals surface area contributed by atoms with E-state index in [9.17, 15) is 0 Å². The summed E-state index contributed by atoms with van der Waals surface area (Å²) in [5.41, 5.74) is 3.60. The van der Waals surface area contributed by atoms with Crippen molar-refractivity contribution >= 4 is 17.3 Å². The van der Waals surface area contributed by atoms with Crippen molar-refractivity contribution in [3.05, 3.63) is 51.5 Å². The average molecular weight is 404 g/mol. The molecule has 0 aliphatic heterocycles. The summed E-state index contributed by atoms with van der Waals surface area (Å²) < 4.78 is 5.36. The minimum atomic E-state index is 0.0270. The number of nitrogens with one attached hydrogen (secondary N) is 1. The van der Waals surface area contributed by atoms with Gasteiger partial charge in [0.15, 0.2) is 5.96 Å². The highest BCUT2D eigenvalue weighted by atomic mass is 32.1. The summed E-state index contributed by atoms with van der Waals surface area (Å²) in [5, 5.41) is 6.49. The standard InChI is InChI=1S/C21H33N5OS/c1-7-22-21(23-12-17-10-8-9-11-18(17)13-25(3)4)26(5)14-19-15-28-20(24-19)16(2)27-6/h8-11,15-16H,7,12-14H2,1-6H3,(H,22,23). The molecule has 0 spiro atoms. The van der Waals surface area contributed by atoms with Crippen molar-refractivity contribution in [2.24, 2.45) is 4.99 Å². The van der Waals surface area contributed by atoms with Gasteiger partial charge in [-0.2, -0.15) is 0 Å². The van der Waals surface area contributed by atoms with Crippen molar-refractivity contribution in [3.63, 3.8) is 0 Å². The van der Waals surface area contributed by atoms with Crippen molar-refractivity contribution in [3.8, 4) is 0 Å². The fourth-order valence-electron chi connectivity index (χ4n) is 2.84. The van der Waals surface area contributed by atoms with Crippen LogP contribution in [0, 0.1) is 0 Å².